The fourth-order valence-corrected chi connectivity index (χ4v) is 1.26. The molecule has 0 bridgehead atoms. The number of carboxylic acids is 1. The van der Waals surface area contributed by atoms with Crippen LogP contribution in [-0.4, -0.2) is 29.7 Å². The van der Waals surface area contributed by atoms with Crippen molar-refractivity contribution in [2.24, 2.45) is 5.73 Å². The SMILES string of the molecule is NC(=O)NCCCC[C@H](NC#P=O)C(=O)O. The molecule has 0 fully saturated rings. The van der Waals surface area contributed by atoms with Gasteiger partial charge in [0.25, 0.3) is 0 Å². The molecule has 0 aromatic rings. The summed E-state index contributed by atoms with van der Waals surface area (Å²) >= 11 is 0. The van der Waals surface area contributed by atoms with Crippen molar-refractivity contribution in [3.63, 3.8) is 0 Å². The summed E-state index contributed by atoms with van der Waals surface area (Å²) in [5, 5.41) is 13.5. The molecule has 5 N–H and O–H groups in total. The number of hydrogen-bond donors (Lipinski definition) is 4. The van der Waals surface area contributed by atoms with E-state index in [0.29, 0.717) is 25.8 Å². The molecule has 0 unspecified atom stereocenters. The molecular weight excluding hydrogens is 233 g/mol. The van der Waals surface area contributed by atoms with Crippen LogP contribution in [0.4, 0.5) is 4.79 Å². The van der Waals surface area contributed by atoms with Gasteiger partial charge in [0.05, 0.1) is 0 Å². The van der Waals surface area contributed by atoms with Crippen LogP contribution >= 0.6 is 7.92 Å². The van der Waals surface area contributed by atoms with Crippen molar-refractivity contribution in [1.29, 1.82) is 0 Å². The van der Waals surface area contributed by atoms with E-state index in [1.807, 2.05) is 0 Å². The third-order valence-electron chi connectivity index (χ3n) is 1.80. The van der Waals surface area contributed by atoms with Crippen molar-refractivity contribution < 1.29 is 19.3 Å². The number of urea groups is 1. The van der Waals surface area contributed by atoms with Crippen molar-refractivity contribution in [2.45, 2.75) is 25.3 Å². The Balaban J connectivity index is 3.75. The van der Waals surface area contributed by atoms with Crippen LogP contribution in [0.15, 0.2) is 0 Å². The van der Waals surface area contributed by atoms with Crippen LogP contribution in [0, 0.1) is 5.75 Å². The van der Waals surface area contributed by atoms with E-state index in [9.17, 15) is 14.2 Å². The van der Waals surface area contributed by atoms with Gasteiger partial charge in [-0.1, -0.05) is 0 Å². The van der Waals surface area contributed by atoms with Gasteiger partial charge in [-0.2, -0.15) is 0 Å². The van der Waals surface area contributed by atoms with Gasteiger partial charge in [-0.05, 0) is 0 Å². The Morgan fingerprint density at radius 3 is 2.62 bits per heavy atom. The van der Waals surface area contributed by atoms with E-state index in [2.05, 4.69) is 16.4 Å². The summed E-state index contributed by atoms with van der Waals surface area (Å²) in [4.78, 5) is 21.0. The summed E-state index contributed by atoms with van der Waals surface area (Å²) < 4.78 is 10.1. The number of hydrogen-bond acceptors (Lipinski definition) is 4. The summed E-state index contributed by atoms with van der Waals surface area (Å²) in [6, 6.07) is -1.41. The Morgan fingerprint density at radius 1 is 1.44 bits per heavy atom. The summed E-state index contributed by atoms with van der Waals surface area (Å²) in [6.45, 7) is 0.412. The molecule has 0 aliphatic rings. The monoisotopic (exact) mass is 247 g/mol. The Hall–Kier alpha value is -1.29. The van der Waals surface area contributed by atoms with E-state index in [0.717, 1.165) is 0 Å². The van der Waals surface area contributed by atoms with Crippen molar-refractivity contribution in [3.05, 3.63) is 0 Å². The first kappa shape index (κ1) is 14.7. The molecule has 0 saturated carbocycles. The summed E-state index contributed by atoms with van der Waals surface area (Å²) in [7, 11) is -0.378. The molecule has 0 aromatic carbocycles. The first-order valence-electron chi connectivity index (χ1n) is 4.67. The maximum atomic E-state index is 10.7. The van der Waals surface area contributed by atoms with Gasteiger partial charge in [-0.25, -0.2) is 0 Å². The molecule has 0 radical (unpaired) electrons. The molecule has 0 heterocycles. The van der Waals surface area contributed by atoms with Gasteiger partial charge in [-0.3, -0.25) is 0 Å². The Morgan fingerprint density at radius 2 is 2.12 bits per heavy atom. The zero-order valence-electron chi connectivity index (χ0n) is 8.60. The van der Waals surface area contributed by atoms with Crippen molar-refractivity contribution in [2.75, 3.05) is 6.54 Å². The second-order valence-corrected chi connectivity index (χ2v) is 3.43. The number of unbranched alkanes of at least 4 members (excludes halogenated alkanes) is 1. The van der Waals surface area contributed by atoms with Crippen molar-refractivity contribution in [3.8, 4) is 5.75 Å². The van der Waals surface area contributed by atoms with Gasteiger partial charge in [0.1, 0.15) is 0 Å². The van der Waals surface area contributed by atoms with E-state index in [-0.39, 0.29) is 7.92 Å². The van der Waals surface area contributed by atoms with Crippen LogP contribution in [0.5, 0.6) is 0 Å². The van der Waals surface area contributed by atoms with Crippen molar-refractivity contribution >= 4 is 19.9 Å². The van der Waals surface area contributed by atoms with Gasteiger partial charge < -0.3 is 0 Å². The Labute approximate surface area is 93.9 Å². The van der Waals surface area contributed by atoms with Gasteiger partial charge in [0, 0.05) is 0 Å². The minimum atomic E-state index is -1.03. The standard InChI is InChI=1S/C8H14N3O4P/c9-8(14)10-4-2-1-3-6(7(12)13)11-5-16-15/h6,11H,1-4H2,(H,12,13)(H3,9,10,14)/t6-/m0/s1. The molecule has 1 atom stereocenters. The van der Waals surface area contributed by atoms with Crippen LogP contribution in [-0.2, 0) is 9.36 Å². The van der Waals surface area contributed by atoms with Crippen LogP contribution in [0.2, 0.25) is 0 Å². The third kappa shape index (κ3) is 8.05. The molecule has 0 spiro atoms. The van der Waals surface area contributed by atoms with Gasteiger partial charge in [-0.15, -0.1) is 0 Å². The number of amides is 2. The number of carbonyl (C=O) groups is 2. The van der Waals surface area contributed by atoms with Crippen molar-refractivity contribution in [1.82, 2.24) is 10.6 Å². The number of nitrogens with one attached hydrogen (secondary N) is 2. The topological polar surface area (TPSA) is 122 Å². The number of aliphatic carboxylic acids is 1. The van der Waals surface area contributed by atoms with Gasteiger partial charge in [0.2, 0.25) is 0 Å². The van der Waals surface area contributed by atoms with Crippen LogP contribution < -0.4 is 16.4 Å². The number of carboxylic acid groups (broad SMARTS) is 1. The number of nitrogens with two attached hydrogens (primary N) is 1. The molecule has 0 aromatic heterocycles. The van der Waals surface area contributed by atoms with Gasteiger partial charge in [0.15, 0.2) is 0 Å². The predicted molar refractivity (Wildman–Crippen MR) is 57.5 cm³/mol. The molecule has 7 nitrogen and oxygen atoms in total. The van der Waals surface area contributed by atoms with Crippen LogP contribution in [0.25, 0.3) is 0 Å². The second kappa shape index (κ2) is 8.97. The quantitative estimate of drug-likeness (QED) is 0.288. The molecule has 16 heavy (non-hydrogen) atoms. The molecule has 8 heteroatoms. The summed E-state index contributed by atoms with van der Waals surface area (Å²) in [5.74, 6) is 1.16. The maximum absolute atomic E-state index is 10.7. The molecular formula is C8H14N3O4P. The summed E-state index contributed by atoms with van der Waals surface area (Å²) in [6.07, 6.45) is 1.59. The zero-order valence-corrected chi connectivity index (χ0v) is 9.50. The van der Waals surface area contributed by atoms with Crippen LogP contribution in [0.3, 0.4) is 0 Å². The zero-order chi connectivity index (χ0) is 12.4. The Bertz CT molecular complexity index is 340. The normalized spacial score (nSPS) is 11.2. The molecule has 0 rings (SSSR count). The molecule has 90 valence electrons. The summed E-state index contributed by atoms with van der Waals surface area (Å²) in [5.41, 5.74) is 4.85. The minimum absolute atomic E-state index is 0.359. The molecule has 0 aliphatic heterocycles. The number of primary amides is 1. The van der Waals surface area contributed by atoms with E-state index in [1.54, 1.807) is 0 Å². The third-order valence-corrected chi connectivity index (χ3v) is 2.02. The molecule has 2 amide bonds. The molecule has 0 saturated heterocycles. The fraction of sp³-hybridized carbons (Fsp3) is 0.625. The van der Waals surface area contributed by atoms with E-state index >= 15 is 0 Å². The van der Waals surface area contributed by atoms with Crippen LogP contribution in [0.1, 0.15) is 19.3 Å². The average molecular weight is 247 g/mol. The van der Waals surface area contributed by atoms with E-state index < -0.39 is 18.0 Å². The number of rotatable bonds is 7. The van der Waals surface area contributed by atoms with E-state index in [4.69, 9.17) is 10.8 Å². The first-order valence-corrected chi connectivity index (χ1v) is 5.48. The first-order chi connectivity index (χ1) is 7.57. The molecule has 0 aliphatic carbocycles. The second-order valence-electron chi connectivity index (χ2n) is 3.03. The average Bonchev–Trinajstić information content (AvgIpc) is 2.21. The number of carbonyl (C=O) groups excluding carboxylic acids is 1. The van der Waals surface area contributed by atoms with E-state index in [1.165, 1.54) is 0 Å². The Kier molecular flexibility index (Phi) is 8.25. The van der Waals surface area contributed by atoms with Gasteiger partial charge >= 0.3 is 93.1 Å². The fourth-order valence-electron chi connectivity index (χ4n) is 1.05. The predicted octanol–water partition coefficient (Wildman–Crippen LogP) is 0.0762.